The fraction of sp³-hybridized carbons (Fsp3) is 0.786. The van der Waals surface area contributed by atoms with E-state index in [-0.39, 0.29) is 12.1 Å². The molecule has 0 bridgehead atoms. The summed E-state index contributed by atoms with van der Waals surface area (Å²) in [7, 11) is 1.99. The van der Waals surface area contributed by atoms with E-state index in [1.165, 1.54) is 5.69 Å². The Kier molecular flexibility index (Phi) is 6.01. The van der Waals surface area contributed by atoms with Crippen LogP contribution in [0.3, 0.4) is 0 Å². The van der Waals surface area contributed by atoms with Crippen molar-refractivity contribution in [3.63, 3.8) is 0 Å². The van der Waals surface area contributed by atoms with E-state index < -0.39 is 0 Å². The average Bonchev–Trinajstić information content (AvgIpc) is 2.70. The largest absolute Gasteiger partial charge is 0.376 e. The molecule has 0 aromatic carbocycles. The molecule has 2 rings (SSSR count). The molecular weight excluding hydrogens is 322 g/mol. The minimum Gasteiger partial charge on any atom is -0.376 e. The second kappa shape index (κ2) is 7.54. The topological polar surface area (TPSA) is 48.3 Å². The number of aryl methyl sites for hydroxylation is 2. The molecule has 1 aromatic rings. The predicted molar refractivity (Wildman–Crippen MR) is 82.0 cm³/mol. The summed E-state index contributed by atoms with van der Waals surface area (Å²) in [5.41, 5.74) is 2.22. The third-order valence-electron chi connectivity index (χ3n) is 3.62. The second-order valence-electron chi connectivity index (χ2n) is 5.22. The molecule has 1 saturated heterocycles. The molecule has 114 valence electrons. The van der Waals surface area contributed by atoms with E-state index in [4.69, 9.17) is 9.47 Å². The van der Waals surface area contributed by atoms with Crippen molar-refractivity contribution >= 4 is 15.9 Å². The van der Waals surface area contributed by atoms with Crippen LogP contribution < -0.4 is 5.32 Å². The Balaban J connectivity index is 2.09. The summed E-state index contributed by atoms with van der Waals surface area (Å²) in [6.07, 6.45) is 2.10. The zero-order valence-electron chi connectivity index (χ0n) is 12.5. The van der Waals surface area contributed by atoms with Crippen LogP contribution in [-0.4, -0.2) is 48.3 Å². The molecule has 1 aliphatic heterocycles. The summed E-state index contributed by atoms with van der Waals surface area (Å²) in [6.45, 7) is 7.22. The lowest BCUT2D eigenvalue weighted by Gasteiger charge is -2.31. The molecule has 0 spiro atoms. The minimum atomic E-state index is 0.109. The van der Waals surface area contributed by atoms with E-state index in [1.54, 1.807) is 0 Å². The smallest absolute Gasteiger partial charge is 0.0965 e. The van der Waals surface area contributed by atoms with Gasteiger partial charge in [-0.05, 0) is 35.8 Å². The Bertz CT molecular complexity index is 430. The zero-order valence-corrected chi connectivity index (χ0v) is 14.1. The molecule has 1 fully saturated rings. The van der Waals surface area contributed by atoms with Gasteiger partial charge in [-0.2, -0.15) is 5.10 Å². The van der Waals surface area contributed by atoms with Gasteiger partial charge >= 0.3 is 0 Å². The van der Waals surface area contributed by atoms with Gasteiger partial charge in [-0.25, -0.2) is 0 Å². The van der Waals surface area contributed by atoms with Crippen LogP contribution in [-0.2, 0) is 22.9 Å². The molecule has 2 heterocycles. The highest BCUT2D eigenvalue weighted by molar-refractivity contribution is 9.10. The maximum Gasteiger partial charge on any atom is 0.0965 e. The van der Waals surface area contributed by atoms with E-state index >= 15 is 0 Å². The van der Waals surface area contributed by atoms with Gasteiger partial charge in [0.1, 0.15) is 0 Å². The number of hydrogen-bond acceptors (Lipinski definition) is 4. The van der Waals surface area contributed by atoms with E-state index in [0.29, 0.717) is 19.8 Å². The van der Waals surface area contributed by atoms with Gasteiger partial charge in [-0.1, -0.05) is 6.92 Å². The molecule has 2 atom stereocenters. The number of hydrogen-bond donors (Lipinski definition) is 1. The van der Waals surface area contributed by atoms with Crippen molar-refractivity contribution in [3.05, 3.63) is 15.9 Å². The quantitative estimate of drug-likeness (QED) is 0.854. The first-order valence-corrected chi connectivity index (χ1v) is 8.03. The van der Waals surface area contributed by atoms with Gasteiger partial charge in [0, 0.05) is 19.5 Å². The third kappa shape index (κ3) is 3.81. The molecule has 2 unspecified atom stereocenters. The van der Waals surface area contributed by atoms with Gasteiger partial charge in [0.25, 0.3) is 0 Å². The third-order valence-corrected chi connectivity index (χ3v) is 4.65. The van der Waals surface area contributed by atoms with Crippen LogP contribution in [0, 0.1) is 6.92 Å². The fourth-order valence-electron chi connectivity index (χ4n) is 2.51. The first kappa shape index (κ1) is 15.9. The number of rotatable bonds is 6. The van der Waals surface area contributed by atoms with Crippen molar-refractivity contribution in [1.29, 1.82) is 0 Å². The van der Waals surface area contributed by atoms with Crippen LogP contribution >= 0.6 is 15.9 Å². The lowest BCUT2D eigenvalue weighted by Crippen LogP contribution is -2.48. The van der Waals surface area contributed by atoms with Gasteiger partial charge in [0.05, 0.1) is 41.8 Å². The molecule has 0 radical (unpaired) electrons. The SMILES string of the molecule is CCCNC(Cc1c(Br)c(C)nn1C)C1COCCO1. The molecule has 1 N–H and O–H groups in total. The van der Waals surface area contributed by atoms with Gasteiger partial charge in [0.15, 0.2) is 0 Å². The molecule has 0 saturated carbocycles. The molecule has 20 heavy (non-hydrogen) atoms. The summed E-state index contributed by atoms with van der Waals surface area (Å²) >= 11 is 3.64. The van der Waals surface area contributed by atoms with Crippen LogP contribution in [0.1, 0.15) is 24.7 Å². The predicted octanol–water partition coefficient (Wildman–Crippen LogP) is 1.82. The standard InChI is InChI=1S/C14H24BrN3O2/c1-4-5-16-11(13-9-19-6-7-20-13)8-12-14(15)10(2)17-18(12)3/h11,13,16H,4-9H2,1-3H3. The van der Waals surface area contributed by atoms with Crippen LogP contribution in [0.5, 0.6) is 0 Å². The van der Waals surface area contributed by atoms with E-state index in [1.807, 2.05) is 18.7 Å². The Morgan fingerprint density at radius 3 is 2.85 bits per heavy atom. The highest BCUT2D eigenvalue weighted by atomic mass is 79.9. The van der Waals surface area contributed by atoms with E-state index in [9.17, 15) is 0 Å². The minimum absolute atomic E-state index is 0.109. The highest BCUT2D eigenvalue weighted by Crippen LogP contribution is 2.23. The maximum absolute atomic E-state index is 5.86. The number of nitrogens with one attached hydrogen (secondary N) is 1. The van der Waals surface area contributed by atoms with Crippen molar-refractivity contribution in [1.82, 2.24) is 15.1 Å². The molecular formula is C14H24BrN3O2. The van der Waals surface area contributed by atoms with E-state index in [2.05, 4.69) is 33.3 Å². The normalized spacial score (nSPS) is 21.1. The van der Waals surface area contributed by atoms with Crippen molar-refractivity contribution < 1.29 is 9.47 Å². The van der Waals surface area contributed by atoms with Gasteiger partial charge < -0.3 is 14.8 Å². The Labute approximate surface area is 129 Å². The monoisotopic (exact) mass is 345 g/mol. The lowest BCUT2D eigenvalue weighted by atomic mass is 10.0. The zero-order chi connectivity index (χ0) is 14.5. The summed E-state index contributed by atoms with van der Waals surface area (Å²) in [5.74, 6) is 0. The van der Waals surface area contributed by atoms with Crippen LogP contribution in [0.4, 0.5) is 0 Å². The van der Waals surface area contributed by atoms with Crippen LogP contribution in [0.2, 0.25) is 0 Å². The molecule has 0 amide bonds. The number of halogens is 1. The fourth-order valence-corrected chi connectivity index (χ4v) is 3.01. The van der Waals surface area contributed by atoms with Crippen molar-refractivity contribution in [2.24, 2.45) is 7.05 Å². The van der Waals surface area contributed by atoms with Crippen LogP contribution in [0.25, 0.3) is 0 Å². The second-order valence-corrected chi connectivity index (χ2v) is 6.01. The molecule has 5 nitrogen and oxygen atoms in total. The Hall–Kier alpha value is -0.430. The molecule has 1 aliphatic rings. The van der Waals surface area contributed by atoms with Gasteiger partial charge in [-0.15, -0.1) is 0 Å². The van der Waals surface area contributed by atoms with Gasteiger partial charge in [0.2, 0.25) is 0 Å². The number of ether oxygens (including phenoxy) is 2. The Morgan fingerprint density at radius 1 is 1.50 bits per heavy atom. The maximum atomic E-state index is 5.86. The average molecular weight is 346 g/mol. The van der Waals surface area contributed by atoms with Crippen molar-refractivity contribution in [2.45, 2.75) is 38.8 Å². The summed E-state index contributed by atoms with van der Waals surface area (Å²) in [5, 5.41) is 8.04. The van der Waals surface area contributed by atoms with Gasteiger partial charge in [-0.3, -0.25) is 4.68 Å². The lowest BCUT2D eigenvalue weighted by molar-refractivity contribution is -0.101. The van der Waals surface area contributed by atoms with Crippen molar-refractivity contribution in [2.75, 3.05) is 26.4 Å². The summed E-state index contributed by atoms with van der Waals surface area (Å²) < 4.78 is 14.5. The van der Waals surface area contributed by atoms with E-state index in [0.717, 1.165) is 29.6 Å². The summed E-state index contributed by atoms with van der Waals surface area (Å²) in [6, 6.07) is 0.251. The van der Waals surface area contributed by atoms with Crippen LogP contribution in [0.15, 0.2) is 4.47 Å². The Morgan fingerprint density at radius 2 is 2.30 bits per heavy atom. The first-order chi connectivity index (χ1) is 9.63. The molecule has 0 aliphatic carbocycles. The molecule has 1 aromatic heterocycles. The highest BCUT2D eigenvalue weighted by Gasteiger charge is 2.27. The summed E-state index contributed by atoms with van der Waals surface area (Å²) in [4.78, 5) is 0. The number of aromatic nitrogens is 2. The first-order valence-electron chi connectivity index (χ1n) is 7.24. The molecule has 6 heteroatoms. The number of nitrogens with zero attached hydrogens (tertiary/aromatic N) is 2. The van der Waals surface area contributed by atoms with Crippen molar-refractivity contribution in [3.8, 4) is 0 Å².